The maximum absolute atomic E-state index is 12.8. The van der Waals surface area contributed by atoms with Gasteiger partial charge in [-0.3, -0.25) is 10.1 Å². The van der Waals surface area contributed by atoms with Gasteiger partial charge in [-0.2, -0.15) is 0 Å². The van der Waals surface area contributed by atoms with Gasteiger partial charge in [-0.25, -0.2) is 18.9 Å². The summed E-state index contributed by atoms with van der Waals surface area (Å²) in [7, 11) is 1.53. The second-order valence-electron chi connectivity index (χ2n) is 9.13. The Bertz CT molecular complexity index is 1620. The Labute approximate surface area is 235 Å². The van der Waals surface area contributed by atoms with Crippen LogP contribution in [0.5, 0.6) is 5.75 Å². The number of carbonyl (C=O) groups excluding carboxylic acids is 1. The Morgan fingerprint density at radius 1 is 1.10 bits per heavy atom. The van der Waals surface area contributed by atoms with Crippen molar-refractivity contribution in [1.82, 2.24) is 19.6 Å². The number of fused-ring (bicyclic) bond motifs is 1. The molecule has 1 fully saturated rings. The number of rotatable bonds is 5. The van der Waals surface area contributed by atoms with E-state index in [1.165, 1.54) is 30.6 Å². The number of carbonyl (C=O) groups is 1. The van der Waals surface area contributed by atoms with Gasteiger partial charge in [-0.15, -0.1) is 16.4 Å². The molecule has 1 aliphatic rings. The van der Waals surface area contributed by atoms with Gasteiger partial charge < -0.3 is 14.4 Å². The predicted octanol–water partition coefficient (Wildman–Crippen LogP) is 5.39. The van der Waals surface area contributed by atoms with Crippen LogP contribution in [0.25, 0.3) is 17.0 Å². The number of aromatic nitrogens is 4. The molecule has 0 atom stereocenters. The molecule has 1 N–H and O–H groups in total. The standard InChI is InChI=1S/C21H20N6O2S.C8H9FO/c1-14-4-5-15(26-8-10-29-11-9-26)13-17(14)18-23-19-16(3-2-7-27(19)25-18)20(28)24-21-22-6-12-30-21;1-6-3-4-7(9)5-8(6)10-2/h2-7,12-13H,8-11H2,1H3,(H,22,24,28);3-5H,1-2H3. The number of pyridine rings is 1. The van der Waals surface area contributed by atoms with E-state index in [-0.39, 0.29) is 11.7 Å². The van der Waals surface area contributed by atoms with Crippen molar-refractivity contribution in [1.29, 1.82) is 0 Å². The fourth-order valence-corrected chi connectivity index (χ4v) is 4.83. The number of morpholine rings is 1. The molecule has 0 radical (unpaired) electrons. The maximum atomic E-state index is 12.8. The van der Waals surface area contributed by atoms with Crippen molar-refractivity contribution in [2.24, 2.45) is 0 Å². The number of anilines is 2. The zero-order valence-electron chi connectivity index (χ0n) is 22.4. The number of ether oxygens (including phenoxy) is 2. The highest BCUT2D eigenvalue weighted by Gasteiger charge is 2.18. The van der Waals surface area contributed by atoms with Gasteiger partial charge in [0.15, 0.2) is 16.6 Å². The van der Waals surface area contributed by atoms with Crippen molar-refractivity contribution in [2.45, 2.75) is 13.8 Å². The number of thiazole rings is 1. The Kier molecular flexibility index (Phi) is 8.32. The molecule has 1 saturated heterocycles. The number of hydrogen-bond acceptors (Lipinski definition) is 8. The van der Waals surface area contributed by atoms with E-state index in [9.17, 15) is 9.18 Å². The van der Waals surface area contributed by atoms with E-state index in [1.54, 1.807) is 35.1 Å². The van der Waals surface area contributed by atoms with E-state index in [0.29, 0.717) is 27.9 Å². The Morgan fingerprint density at radius 2 is 1.90 bits per heavy atom. The third-order valence-corrected chi connectivity index (χ3v) is 7.16. The third-order valence-electron chi connectivity index (χ3n) is 6.47. The first-order chi connectivity index (χ1) is 19.4. The van der Waals surface area contributed by atoms with E-state index in [2.05, 4.69) is 38.5 Å². The molecule has 0 unspecified atom stereocenters. The molecule has 0 aliphatic carbocycles. The fraction of sp³-hybridized carbons (Fsp3) is 0.241. The summed E-state index contributed by atoms with van der Waals surface area (Å²) < 4.78 is 24.4. The second kappa shape index (κ2) is 12.2. The van der Waals surface area contributed by atoms with Gasteiger partial charge in [0, 0.05) is 48.2 Å². The molecule has 5 aromatic rings. The molecule has 2 aromatic carbocycles. The lowest BCUT2D eigenvalue weighted by Crippen LogP contribution is -2.36. The lowest BCUT2D eigenvalue weighted by atomic mass is 10.1. The van der Waals surface area contributed by atoms with Gasteiger partial charge in [0.1, 0.15) is 11.6 Å². The summed E-state index contributed by atoms with van der Waals surface area (Å²) in [6, 6.07) is 14.3. The number of halogens is 1. The minimum atomic E-state index is -0.262. The number of hydrogen-bond donors (Lipinski definition) is 1. The number of methoxy groups -OCH3 is 1. The average molecular weight is 561 g/mol. The first kappa shape index (κ1) is 27.2. The van der Waals surface area contributed by atoms with Gasteiger partial charge >= 0.3 is 0 Å². The molecule has 6 rings (SSSR count). The third kappa shape index (κ3) is 6.11. The molecule has 0 spiro atoms. The van der Waals surface area contributed by atoms with Crippen molar-refractivity contribution in [3.05, 3.63) is 88.8 Å². The highest BCUT2D eigenvalue weighted by molar-refractivity contribution is 7.13. The molecule has 1 aliphatic heterocycles. The Morgan fingerprint density at radius 3 is 2.62 bits per heavy atom. The summed E-state index contributed by atoms with van der Waals surface area (Å²) >= 11 is 1.37. The van der Waals surface area contributed by atoms with Gasteiger partial charge in [-0.1, -0.05) is 12.1 Å². The molecule has 4 heterocycles. The monoisotopic (exact) mass is 560 g/mol. The predicted molar refractivity (Wildman–Crippen MR) is 154 cm³/mol. The molecular weight excluding hydrogens is 531 g/mol. The smallest absolute Gasteiger partial charge is 0.261 e. The largest absolute Gasteiger partial charge is 0.496 e. The quantitative estimate of drug-likeness (QED) is 0.308. The van der Waals surface area contributed by atoms with Crippen molar-refractivity contribution in [3.63, 3.8) is 0 Å². The zero-order chi connectivity index (χ0) is 28.1. The molecule has 3 aromatic heterocycles. The minimum absolute atomic E-state index is 0.256. The molecule has 0 saturated carbocycles. The molecule has 1 amide bonds. The van der Waals surface area contributed by atoms with Crippen LogP contribution in [-0.2, 0) is 4.74 Å². The summed E-state index contributed by atoms with van der Waals surface area (Å²) in [5.41, 5.74) is 5.07. The summed E-state index contributed by atoms with van der Waals surface area (Å²) in [5.74, 6) is 0.674. The van der Waals surface area contributed by atoms with Crippen molar-refractivity contribution < 1.29 is 18.7 Å². The van der Waals surface area contributed by atoms with Crippen molar-refractivity contribution in [3.8, 4) is 17.1 Å². The normalized spacial score (nSPS) is 13.1. The lowest BCUT2D eigenvalue weighted by molar-refractivity contribution is 0.102. The Balaban J connectivity index is 0.000000274. The van der Waals surface area contributed by atoms with Crippen LogP contribution in [0, 0.1) is 19.7 Å². The van der Waals surface area contributed by atoms with Crippen molar-refractivity contribution in [2.75, 3.05) is 43.6 Å². The second-order valence-corrected chi connectivity index (χ2v) is 10.0. The highest BCUT2D eigenvalue weighted by Crippen LogP contribution is 2.28. The summed E-state index contributed by atoms with van der Waals surface area (Å²) in [4.78, 5) is 23.9. The summed E-state index contributed by atoms with van der Waals surface area (Å²) in [5, 5.41) is 9.82. The zero-order valence-corrected chi connectivity index (χ0v) is 23.2. The molecule has 0 bridgehead atoms. The average Bonchev–Trinajstić information content (AvgIpc) is 3.65. The van der Waals surface area contributed by atoms with Gasteiger partial charge in [0.25, 0.3) is 5.91 Å². The first-order valence-corrected chi connectivity index (χ1v) is 13.6. The number of nitrogens with zero attached hydrogens (tertiary/aromatic N) is 5. The van der Waals surface area contributed by atoms with Gasteiger partial charge in [-0.05, 0) is 55.3 Å². The van der Waals surface area contributed by atoms with E-state index < -0.39 is 0 Å². The fourth-order valence-electron chi connectivity index (χ4n) is 4.31. The first-order valence-electron chi connectivity index (χ1n) is 12.7. The van der Waals surface area contributed by atoms with Crippen LogP contribution < -0.4 is 15.0 Å². The number of aryl methyl sites for hydroxylation is 2. The summed E-state index contributed by atoms with van der Waals surface area (Å²) in [6.07, 6.45) is 3.45. The lowest BCUT2D eigenvalue weighted by Gasteiger charge is -2.29. The topological polar surface area (TPSA) is 93.9 Å². The van der Waals surface area contributed by atoms with E-state index in [1.807, 2.05) is 19.2 Å². The molecule has 11 heteroatoms. The van der Waals surface area contributed by atoms with Crippen LogP contribution in [0.15, 0.2) is 66.3 Å². The number of amides is 1. The van der Waals surface area contributed by atoms with E-state index in [4.69, 9.17) is 14.5 Å². The molecule has 40 heavy (non-hydrogen) atoms. The maximum Gasteiger partial charge on any atom is 0.261 e. The molecular formula is C29H29FN6O3S. The van der Waals surface area contributed by atoms with Crippen LogP contribution in [0.3, 0.4) is 0 Å². The van der Waals surface area contributed by atoms with Crippen LogP contribution in [0.2, 0.25) is 0 Å². The summed E-state index contributed by atoms with van der Waals surface area (Å²) in [6.45, 7) is 7.10. The van der Waals surface area contributed by atoms with E-state index >= 15 is 0 Å². The van der Waals surface area contributed by atoms with Gasteiger partial charge in [0.2, 0.25) is 0 Å². The SMILES string of the molecule is COc1cc(F)ccc1C.Cc1ccc(N2CCOCC2)cc1-c1nc2c(C(=O)Nc3nccs3)cccn2n1. The number of nitrogens with one attached hydrogen (secondary N) is 1. The Hall–Kier alpha value is -4.35. The minimum Gasteiger partial charge on any atom is -0.496 e. The van der Waals surface area contributed by atoms with Crippen LogP contribution in [-0.4, -0.2) is 58.9 Å². The van der Waals surface area contributed by atoms with Crippen LogP contribution >= 0.6 is 11.3 Å². The van der Waals surface area contributed by atoms with Crippen molar-refractivity contribution >= 4 is 33.7 Å². The van der Waals surface area contributed by atoms with Crippen LogP contribution in [0.1, 0.15) is 21.5 Å². The number of benzene rings is 2. The molecule has 9 nitrogen and oxygen atoms in total. The van der Waals surface area contributed by atoms with E-state index in [0.717, 1.165) is 48.7 Å². The van der Waals surface area contributed by atoms with Gasteiger partial charge in [0.05, 0.1) is 25.9 Å². The molecule has 206 valence electrons. The van der Waals surface area contributed by atoms with Crippen LogP contribution in [0.4, 0.5) is 15.2 Å². The highest BCUT2D eigenvalue weighted by atomic mass is 32.1.